The molecule has 1 nitrogen and oxygen atoms in total. The first kappa shape index (κ1) is 15.6. The van der Waals surface area contributed by atoms with E-state index in [9.17, 15) is 4.79 Å². The maximum atomic E-state index is 12.1. The molecular weight excluding hydrogens is 264 g/mol. The van der Waals surface area contributed by atoms with Gasteiger partial charge in [0.15, 0.2) is 0 Å². The lowest BCUT2D eigenvalue weighted by Crippen LogP contribution is -2.29. The first-order chi connectivity index (χ1) is 9.55. The van der Waals surface area contributed by atoms with Crippen molar-refractivity contribution < 1.29 is 4.79 Å². The number of hydrogen-bond donors (Lipinski definition) is 0. The molecule has 0 amide bonds. The van der Waals surface area contributed by atoms with Crippen molar-refractivity contribution in [3.63, 3.8) is 0 Å². The minimum Gasteiger partial charge on any atom is -0.298 e. The number of hydrogen-bond acceptors (Lipinski definition) is 2. The Balaban J connectivity index is 1.79. The number of thioether (sulfide) groups is 1. The van der Waals surface area contributed by atoms with Crippen molar-refractivity contribution in [2.45, 2.75) is 51.2 Å². The van der Waals surface area contributed by atoms with Gasteiger partial charge in [-0.2, -0.15) is 11.8 Å². The summed E-state index contributed by atoms with van der Waals surface area (Å²) in [7, 11) is 0. The Morgan fingerprint density at radius 3 is 2.50 bits per heavy atom. The predicted octanol–water partition coefficient (Wildman–Crippen LogP) is 4.75. The fraction of sp³-hybridized carbons (Fsp3) is 0.611. The predicted molar refractivity (Wildman–Crippen MR) is 88.2 cm³/mol. The lowest BCUT2D eigenvalue weighted by Gasteiger charge is -2.31. The normalized spacial score (nSPS) is 25.1. The van der Waals surface area contributed by atoms with E-state index in [1.54, 1.807) is 11.8 Å². The summed E-state index contributed by atoms with van der Waals surface area (Å²) in [5.41, 5.74) is 1.60. The molecule has 1 aliphatic rings. The van der Waals surface area contributed by atoms with Crippen LogP contribution in [0.3, 0.4) is 0 Å². The topological polar surface area (TPSA) is 17.1 Å². The fourth-order valence-electron chi connectivity index (χ4n) is 3.52. The highest BCUT2D eigenvalue weighted by Gasteiger charge is 2.47. The third kappa shape index (κ3) is 3.46. The molecule has 2 heteroatoms. The summed E-state index contributed by atoms with van der Waals surface area (Å²) in [6, 6.07) is 10.7. The molecule has 2 rings (SSSR count). The Morgan fingerprint density at radius 1 is 1.20 bits per heavy atom. The van der Waals surface area contributed by atoms with Gasteiger partial charge in [0.1, 0.15) is 5.78 Å². The summed E-state index contributed by atoms with van der Waals surface area (Å²) in [6.07, 6.45) is 7.69. The number of aryl methyl sites for hydroxylation is 1. The minimum absolute atomic E-state index is 0.170. The molecule has 1 aromatic rings. The highest BCUT2D eigenvalue weighted by atomic mass is 32.2. The van der Waals surface area contributed by atoms with Crippen LogP contribution in [0.4, 0.5) is 0 Å². The van der Waals surface area contributed by atoms with Crippen LogP contribution in [0.15, 0.2) is 30.3 Å². The molecule has 1 aliphatic carbocycles. The third-order valence-corrected chi connectivity index (χ3v) is 6.16. The van der Waals surface area contributed by atoms with Gasteiger partial charge in [-0.15, -0.1) is 0 Å². The van der Waals surface area contributed by atoms with Crippen LogP contribution in [0.5, 0.6) is 0 Å². The smallest absolute Gasteiger partial charge is 0.146 e. The van der Waals surface area contributed by atoms with Gasteiger partial charge in [0.05, 0.1) is 5.25 Å². The van der Waals surface area contributed by atoms with Gasteiger partial charge in [0.2, 0.25) is 0 Å². The average Bonchev–Trinajstić information content (AvgIpc) is 2.65. The molecule has 0 N–H and O–H groups in total. The van der Waals surface area contributed by atoms with Gasteiger partial charge >= 0.3 is 0 Å². The minimum atomic E-state index is 0.170. The molecule has 110 valence electrons. The Kier molecular flexibility index (Phi) is 5.31. The first-order valence-electron chi connectivity index (χ1n) is 7.65. The highest BCUT2D eigenvalue weighted by molar-refractivity contribution is 8.00. The second-order valence-electron chi connectivity index (χ2n) is 6.54. The highest BCUT2D eigenvalue weighted by Crippen LogP contribution is 2.48. The number of carbonyl (C=O) groups is 1. The molecule has 1 aromatic carbocycles. The molecule has 1 fully saturated rings. The van der Waals surface area contributed by atoms with Crippen LogP contribution in [-0.4, -0.2) is 17.3 Å². The van der Waals surface area contributed by atoms with E-state index in [1.165, 1.54) is 24.8 Å². The standard InChI is InChI=1S/C18H26OS/c1-18(2)15(13-16(19)17(18)20-3)12-8-7-11-14-9-5-4-6-10-14/h4-6,9-10,15,17H,7-8,11-13H2,1-3H3. The van der Waals surface area contributed by atoms with Crippen LogP contribution in [0.1, 0.15) is 45.1 Å². The van der Waals surface area contributed by atoms with Gasteiger partial charge in [0, 0.05) is 6.42 Å². The van der Waals surface area contributed by atoms with Crippen LogP contribution in [0, 0.1) is 11.3 Å². The molecule has 1 saturated carbocycles. The molecule has 2 atom stereocenters. The summed E-state index contributed by atoms with van der Waals surface area (Å²) in [6.45, 7) is 4.56. The van der Waals surface area contributed by atoms with Gasteiger partial charge in [-0.1, -0.05) is 50.6 Å². The van der Waals surface area contributed by atoms with Gasteiger partial charge in [0.25, 0.3) is 0 Å². The van der Waals surface area contributed by atoms with Crippen molar-refractivity contribution in [2.24, 2.45) is 11.3 Å². The molecule has 0 aliphatic heterocycles. The zero-order chi connectivity index (χ0) is 14.6. The summed E-state index contributed by atoms with van der Waals surface area (Å²) >= 11 is 1.74. The summed E-state index contributed by atoms with van der Waals surface area (Å²) in [4.78, 5) is 12.1. The van der Waals surface area contributed by atoms with E-state index in [-0.39, 0.29) is 10.7 Å². The molecule has 0 bridgehead atoms. The zero-order valence-electron chi connectivity index (χ0n) is 12.9. The molecule has 2 unspecified atom stereocenters. The SMILES string of the molecule is CSC1C(=O)CC(CCCCc2ccccc2)C1(C)C. The Labute approximate surface area is 127 Å². The third-order valence-electron chi connectivity index (χ3n) is 4.81. The monoisotopic (exact) mass is 290 g/mol. The fourth-order valence-corrected chi connectivity index (χ4v) is 4.67. The summed E-state index contributed by atoms with van der Waals surface area (Å²) in [5.74, 6) is 1.04. The number of benzene rings is 1. The van der Waals surface area contributed by atoms with Gasteiger partial charge in [-0.25, -0.2) is 0 Å². The van der Waals surface area contributed by atoms with Crippen LogP contribution >= 0.6 is 11.8 Å². The molecule has 20 heavy (non-hydrogen) atoms. The van der Waals surface area contributed by atoms with Crippen molar-refractivity contribution in [1.82, 2.24) is 0 Å². The lowest BCUT2D eigenvalue weighted by molar-refractivity contribution is -0.117. The van der Waals surface area contributed by atoms with E-state index in [0.717, 1.165) is 12.8 Å². The summed E-state index contributed by atoms with van der Waals surface area (Å²) in [5, 5.41) is 0.210. The number of ketones is 1. The van der Waals surface area contributed by atoms with Crippen molar-refractivity contribution in [2.75, 3.05) is 6.26 Å². The molecule has 0 aromatic heterocycles. The maximum absolute atomic E-state index is 12.1. The van der Waals surface area contributed by atoms with Crippen LogP contribution in [0.2, 0.25) is 0 Å². The van der Waals surface area contributed by atoms with Crippen molar-refractivity contribution in [3.05, 3.63) is 35.9 Å². The maximum Gasteiger partial charge on any atom is 0.146 e. The van der Waals surface area contributed by atoms with Crippen LogP contribution < -0.4 is 0 Å². The van der Waals surface area contributed by atoms with Crippen LogP contribution in [-0.2, 0) is 11.2 Å². The Bertz CT molecular complexity index is 438. The molecule has 0 radical (unpaired) electrons. The van der Waals surface area contributed by atoms with Crippen molar-refractivity contribution in [1.29, 1.82) is 0 Å². The number of unbranched alkanes of at least 4 members (excludes halogenated alkanes) is 1. The number of rotatable bonds is 6. The number of Topliss-reactive ketones (excluding diaryl/α,β-unsaturated/α-hetero) is 1. The zero-order valence-corrected chi connectivity index (χ0v) is 13.7. The van der Waals surface area contributed by atoms with E-state index >= 15 is 0 Å². The van der Waals surface area contributed by atoms with Gasteiger partial charge in [-0.3, -0.25) is 4.79 Å². The molecule has 0 spiro atoms. The number of carbonyl (C=O) groups excluding carboxylic acids is 1. The van der Waals surface area contributed by atoms with E-state index in [2.05, 4.69) is 50.4 Å². The molecule has 0 saturated heterocycles. The second kappa shape index (κ2) is 6.80. The van der Waals surface area contributed by atoms with E-state index < -0.39 is 0 Å². The van der Waals surface area contributed by atoms with Gasteiger partial charge in [-0.05, 0) is 42.4 Å². The van der Waals surface area contributed by atoms with E-state index in [1.807, 2.05) is 0 Å². The Morgan fingerprint density at radius 2 is 1.90 bits per heavy atom. The van der Waals surface area contributed by atoms with Crippen molar-refractivity contribution >= 4 is 17.5 Å². The summed E-state index contributed by atoms with van der Waals surface area (Å²) < 4.78 is 0. The average molecular weight is 290 g/mol. The first-order valence-corrected chi connectivity index (χ1v) is 8.94. The van der Waals surface area contributed by atoms with E-state index in [4.69, 9.17) is 0 Å². The van der Waals surface area contributed by atoms with E-state index in [0.29, 0.717) is 11.7 Å². The van der Waals surface area contributed by atoms with Crippen LogP contribution in [0.25, 0.3) is 0 Å². The van der Waals surface area contributed by atoms with Gasteiger partial charge < -0.3 is 0 Å². The molecule has 0 heterocycles. The molecular formula is C18H26OS. The quantitative estimate of drug-likeness (QED) is 0.704. The van der Waals surface area contributed by atoms with Crippen molar-refractivity contribution in [3.8, 4) is 0 Å². The second-order valence-corrected chi connectivity index (χ2v) is 7.48. The largest absolute Gasteiger partial charge is 0.298 e. The Hall–Kier alpha value is -0.760. The lowest BCUT2D eigenvalue weighted by atomic mass is 9.78.